The summed E-state index contributed by atoms with van der Waals surface area (Å²) in [5.41, 5.74) is 0.0568. The van der Waals surface area contributed by atoms with Gasteiger partial charge >= 0.3 is 5.97 Å². The van der Waals surface area contributed by atoms with Crippen LogP contribution in [0.3, 0.4) is 0 Å². The van der Waals surface area contributed by atoms with Crippen molar-refractivity contribution in [3.8, 4) is 0 Å². The topological polar surface area (TPSA) is 57.6 Å². The normalized spacial score (nSPS) is 23.6. The molecular formula is C12H21NO3. The quantitative estimate of drug-likeness (QED) is 0.778. The van der Waals surface area contributed by atoms with Gasteiger partial charge in [0.15, 0.2) is 0 Å². The highest BCUT2D eigenvalue weighted by Crippen LogP contribution is 2.52. The number of hydrogen-bond donors (Lipinski definition) is 1. The molecule has 1 saturated carbocycles. The molecule has 0 aromatic heterocycles. The maximum absolute atomic E-state index is 12.1. The second kappa shape index (κ2) is 4.44. The molecule has 1 fully saturated rings. The molecule has 1 N–H and O–H groups in total. The van der Waals surface area contributed by atoms with E-state index in [2.05, 4.69) is 0 Å². The maximum atomic E-state index is 12.1. The van der Waals surface area contributed by atoms with Crippen LogP contribution in [-0.4, -0.2) is 34.5 Å². The molecule has 0 spiro atoms. The summed E-state index contributed by atoms with van der Waals surface area (Å²) in [6.07, 6.45) is 1.66. The van der Waals surface area contributed by atoms with Crippen molar-refractivity contribution in [1.82, 2.24) is 4.90 Å². The van der Waals surface area contributed by atoms with Crippen LogP contribution in [-0.2, 0) is 9.59 Å². The van der Waals surface area contributed by atoms with E-state index in [9.17, 15) is 9.59 Å². The number of carboxylic acid groups (broad SMARTS) is 1. The molecule has 0 bridgehead atoms. The Kier molecular flexibility index (Phi) is 3.61. The van der Waals surface area contributed by atoms with Gasteiger partial charge in [0.1, 0.15) is 6.54 Å². The monoisotopic (exact) mass is 227 g/mol. The minimum Gasteiger partial charge on any atom is -0.480 e. The molecule has 1 aliphatic carbocycles. The van der Waals surface area contributed by atoms with Crippen LogP contribution < -0.4 is 0 Å². The van der Waals surface area contributed by atoms with Crippen LogP contribution in [0.2, 0.25) is 0 Å². The lowest BCUT2D eigenvalue weighted by Crippen LogP contribution is -2.43. The fraction of sp³-hybridized carbons (Fsp3) is 0.833. The number of aliphatic carboxylic acids is 1. The van der Waals surface area contributed by atoms with Crippen molar-refractivity contribution in [3.63, 3.8) is 0 Å². The van der Waals surface area contributed by atoms with Crippen LogP contribution in [0.4, 0.5) is 0 Å². The zero-order valence-corrected chi connectivity index (χ0v) is 10.5. The third-order valence-corrected chi connectivity index (χ3v) is 3.52. The van der Waals surface area contributed by atoms with E-state index in [0.717, 1.165) is 12.8 Å². The molecule has 0 aliphatic heterocycles. The largest absolute Gasteiger partial charge is 0.480 e. The Morgan fingerprint density at radius 3 is 2.31 bits per heavy atom. The zero-order valence-electron chi connectivity index (χ0n) is 10.5. The highest BCUT2D eigenvalue weighted by atomic mass is 16.4. The highest BCUT2D eigenvalue weighted by molar-refractivity contribution is 5.86. The van der Waals surface area contributed by atoms with E-state index in [4.69, 9.17) is 5.11 Å². The van der Waals surface area contributed by atoms with Gasteiger partial charge in [0.05, 0.1) is 0 Å². The van der Waals surface area contributed by atoms with Gasteiger partial charge < -0.3 is 10.0 Å². The molecule has 4 heteroatoms. The van der Waals surface area contributed by atoms with E-state index < -0.39 is 5.97 Å². The van der Waals surface area contributed by atoms with Crippen LogP contribution >= 0.6 is 0 Å². The Balaban J connectivity index is 2.69. The first-order valence-electron chi connectivity index (χ1n) is 5.82. The van der Waals surface area contributed by atoms with Crippen molar-refractivity contribution in [2.45, 2.75) is 46.6 Å². The third kappa shape index (κ3) is 2.74. The Hall–Kier alpha value is -1.06. The fourth-order valence-corrected chi connectivity index (χ4v) is 1.91. The van der Waals surface area contributed by atoms with Crippen molar-refractivity contribution in [1.29, 1.82) is 0 Å². The minimum absolute atomic E-state index is 0.000000000000000222. The molecule has 16 heavy (non-hydrogen) atoms. The van der Waals surface area contributed by atoms with E-state index >= 15 is 0 Å². The second-order valence-corrected chi connectivity index (χ2v) is 5.36. The maximum Gasteiger partial charge on any atom is 0.323 e. The Labute approximate surface area is 96.6 Å². The van der Waals surface area contributed by atoms with Gasteiger partial charge in [-0.05, 0) is 25.2 Å². The molecule has 0 aromatic rings. The number of carbonyl (C=O) groups excluding carboxylic acids is 1. The number of carboxylic acids is 1. The summed E-state index contributed by atoms with van der Waals surface area (Å²) in [4.78, 5) is 24.4. The summed E-state index contributed by atoms with van der Waals surface area (Å²) in [6.45, 7) is 7.78. The summed E-state index contributed by atoms with van der Waals surface area (Å²) in [7, 11) is 0. The number of nitrogens with zero attached hydrogens (tertiary/aromatic N) is 1. The van der Waals surface area contributed by atoms with E-state index in [0.29, 0.717) is 0 Å². The lowest BCUT2D eigenvalue weighted by atomic mass is 10.1. The van der Waals surface area contributed by atoms with E-state index in [-0.39, 0.29) is 29.8 Å². The van der Waals surface area contributed by atoms with Crippen LogP contribution in [0.15, 0.2) is 0 Å². The van der Waals surface area contributed by atoms with Crippen molar-refractivity contribution in [2.75, 3.05) is 6.54 Å². The van der Waals surface area contributed by atoms with Gasteiger partial charge in [0, 0.05) is 12.0 Å². The van der Waals surface area contributed by atoms with Crippen LogP contribution in [0.25, 0.3) is 0 Å². The Morgan fingerprint density at radius 2 is 2.00 bits per heavy atom. The van der Waals surface area contributed by atoms with E-state index in [1.807, 2.05) is 27.7 Å². The Morgan fingerprint density at radius 1 is 1.50 bits per heavy atom. The fourth-order valence-electron chi connectivity index (χ4n) is 1.91. The molecule has 1 aliphatic rings. The third-order valence-electron chi connectivity index (χ3n) is 3.52. The van der Waals surface area contributed by atoms with Crippen LogP contribution in [0, 0.1) is 11.3 Å². The summed E-state index contributed by atoms with van der Waals surface area (Å²) in [5.74, 6) is -0.922. The first-order valence-corrected chi connectivity index (χ1v) is 5.82. The molecule has 1 rings (SSSR count). The molecular weight excluding hydrogens is 206 g/mol. The zero-order chi connectivity index (χ0) is 12.5. The van der Waals surface area contributed by atoms with E-state index in [1.54, 1.807) is 0 Å². The first kappa shape index (κ1) is 13.0. The molecule has 2 unspecified atom stereocenters. The number of carbonyl (C=O) groups is 2. The predicted molar refractivity (Wildman–Crippen MR) is 61.0 cm³/mol. The van der Waals surface area contributed by atoms with Gasteiger partial charge in [-0.2, -0.15) is 0 Å². The molecule has 1 amide bonds. The van der Waals surface area contributed by atoms with Crippen LogP contribution in [0.5, 0.6) is 0 Å². The summed E-state index contributed by atoms with van der Waals surface area (Å²) in [6, 6.07) is -0.000000000000000222. The van der Waals surface area contributed by atoms with Gasteiger partial charge in [0.25, 0.3) is 0 Å². The molecule has 2 atom stereocenters. The molecule has 0 saturated heterocycles. The number of amides is 1. The molecule has 0 heterocycles. The van der Waals surface area contributed by atoms with Gasteiger partial charge in [-0.15, -0.1) is 0 Å². The van der Waals surface area contributed by atoms with Crippen LogP contribution in [0.1, 0.15) is 40.5 Å². The summed E-state index contributed by atoms with van der Waals surface area (Å²) < 4.78 is 0. The minimum atomic E-state index is -0.938. The molecule has 92 valence electrons. The van der Waals surface area contributed by atoms with E-state index in [1.165, 1.54) is 4.90 Å². The van der Waals surface area contributed by atoms with Crippen molar-refractivity contribution in [3.05, 3.63) is 0 Å². The highest BCUT2D eigenvalue weighted by Gasteiger charge is 2.52. The van der Waals surface area contributed by atoms with Gasteiger partial charge in [-0.3, -0.25) is 9.59 Å². The number of rotatable bonds is 5. The molecule has 0 radical (unpaired) electrons. The smallest absolute Gasteiger partial charge is 0.323 e. The standard InChI is InChI=1S/C12H21NO3/c1-5-8(2)13(7-10(14)15)11(16)9-6-12(9,3)4/h8-9H,5-7H2,1-4H3,(H,14,15). The summed E-state index contributed by atoms with van der Waals surface area (Å²) >= 11 is 0. The first-order chi connectivity index (χ1) is 7.29. The lowest BCUT2D eigenvalue weighted by molar-refractivity contribution is -0.147. The average Bonchev–Trinajstić information content (AvgIpc) is 2.81. The number of hydrogen-bond acceptors (Lipinski definition) is 2. The van der Waals surface area contributed by atoms with Gasteiger partial charge in [-0.1, -0.05) is 20.8 Å². The van der Waals surface area contributed by atoms with Gasteiger partial charge in [0.2, 0.25) is 5.91 Å². The van der Waals surface area contributed by atoms with Crippen molar-refractivity contribution < 1.29 is 14.7 Å². The van der Waals surface area contributed by atoms with Crippen molar-refractivity contribution >= 4 is 11.9 Å². The Bertz CT molecular complexity index is 299. The summed E-state index contributed by atoms with van der Waals surface area (Å²) in [5, 5.41) is 8.82. The molecule has 4 nitrogen and oxygen atoms in total. The van der Waals surface area contributed by atoms with Crippen molar-refractivity contribution in [2.24, 2.45) is 11.3 Å². The SMILES string of the molecule is CCC(C)N(CC(=O)O)C(=O)C1CC1(C)C. The second-order valence-electron chi connectivity index (χ2n) is 5.36. The average molecular weight is 227 g/mol. The lowest BCUT2D eigenvalue weighted by Gasteiger charge is -2.27. The predicted octanol–water partition coefficient (Wildman–Crippen LogP) is 1.74. The van der Waals surface area contributed by atoms with Gasteiger partial charge in [-0.25, -0.2) is 0 Å². The molecule has 0 aromatic carbocycles.